The van der Waals surface area contributed by atoms with Crippen LogP contribution in [-0.2, 0) is 0 Å². The molecular formula is C12H14BrO. The van der Waals surface area contributed by atoms with E-state index in [1.807, 2.05) is 39.0 Å². The molecule has 0 aliphatic rings. The molecule has 1 aromatic rings. The Balaban J connectivity index is 3.04. The van der Waals surface area contributed by atoms with Gasteiger partial charge in [-0.1, -0.05) is 18.7 Å². The Morgan fingerprint density at radius 3 is 2.50 bits per heavy atom. The van der Waals surface area contributed by atoms with Crippen molar-refractivity contribution >= 4 is 15.9 Å². The molecule has 0 atom stereocenters. The molecule has 1 rings (SSSR count). The van der Waals surface area contributed by atoms with Gasteiger partial charge in [-0.05, 0) is 54.4 Å². The van der Waals surface area contributed by atoms with Gasteiger partial charge in [0.05, 0.1) is 4.47 Å². The maximum absolute atomic E-state index is 5.76. The minimum Gasteiger partial charge on any atom is -0.487 e. The molecule has 0 aliphatic heterocycles. The first-order valence-electron chi connectivity index (χ1n) is 4.44. The highest BCUT2D eigenvalue weighted by molar-refractivity contribution is 9.10. The topological polar surface area (TPSA) is 9.23 Å². The van der Waals surface area contributed by atoms with Gasteiger partial charge < -0.3 is 4.74 Å². The summed E-state index contributed by atoms with van der Waals surface area (Å²) in [5.74, 6) is 0.825. The van der Waals surface area contributed by atoms with Gasteiger partial charge in [0.2, 0.25) is 0 Å². The van der Waals surface area contributed by atoms with Crippen molar-refractivity contribution in [3.8, 4) is 5.75 Å². The predicted octanol–water partition coefficient (Wildman–Crippen LogP) is 3.96. The van der Waals surface area contributed by atoms with Crippen LogP contribution in [0.1, 0.15) is 26.3 Å². The summed E-state index contributed by atoms with van der Waals surface area (Å²) in [6, 6.07) is 5.79. The highest BCUT2D eigenvalue weighted by atomic mass is 79.9. The van der Waals surface area contributed by atoms with Crippen molar-refractivity contribution in [2.45, 2.75) is 26.4 Å². The van der Waals surface area contributed by atoms with Crippen molar-refractivity contribution < 1.29 is 4.74 Å². The lowest BCUT2D eigenvalue weighted by molar-refractivity contribution is 0.130. The molecule has 0 fully saturated rings. The van der Waals surface area contributed by atoms with Crippen molar-refractivity contribution in [2.24, 2.45) is 0 Å². The van der Waals surface area contributed by atoms with Crippen LogP contribution in [0.4, 0.5) is 0 Å². The number of hydrogen-bond acceptors (Lipinski definition) is 1. The minimum absolute atomic E-state index is 0.192. The molecule has 0 aliphatic carbocycles. The average molecular weight is 254 g/mol. The molecule has 75 valence electrons. The van der Waals surface area contributed by atoms with Gasteiger partial charge in [-0.15, -0.1) is 0 Å². The van der Waals surface area contributed by atoms with E-state index in [0.29, 0.717) is 0 Å². The molecule has 0 N–H and O–H groups in total. The molecule has 0 saturated carbocycles. The summed E-state index contributed by atoms with van der Waals surface area (Å²) in [5.41, 5.74) is 0.731. The third-order valence-corrected chi connectivity index (χ3v) is 2.39. The summed E-state index contributed by atoms with van der Waals surface area (Å²) < 4.78 is 6.67. The van der Waals surface area contributed by atoms with E-state index < -0.39 is 0 Å². The van der Waals surface area contributed by atoms with Gasteiger partial charge in [0.1, 0.15) is 11.4 Å². The standard InChI is InChI=1S/C12H14BrO/c1-5-9-7-6-8-10(11(9)13)14-12(2,3)4/h6-8H,1H2,2-4H3. The predicted molar refractivity (Wildman–Crippen MR) is 62.5 cm³/mol. The van der Waals surface area contributed by atoms with Crippen LogP contribution >= 0.6 is 15.9 Å². The fourth-order valence-corrected chi connectivity index (χ4v) is 1.54. The van der Waals surface area contributed by atoms with E-state index in [-0.39, 0.29) is 5.60 Å². The van der Waals surface area contributed by atoms with Crippen LogP contribution in [0.3, 0.4) is 0 Å². The lowest BCUT2D eigenvalue weighted by Crippen LogP contribution is -2.23. The molecule has 0 aromatic heterocycles. The summed E-state index contributed by atoms with van der Waals surface area (Å²) in [6.07, 6.45) is 2.84. The zero-order chi connectivity index (χ0) is 10.8. The molecule has 0 spiro atoms. The van der Waals surface area contributed by atoms with Gasteiger partial charge in [0.15, 0.2) is 0 Å². The van der Waals surface area contributed by atoms with Crippen molar-refractivity contribution in [3.05, 3.63) is 40.9 Å². The summed E-state index contributed by atoms with van der Waals surface area (Å²) in [7, 11) is 0. The van der Waals surface area contributed by atoms with Gasteiger partial charge in [0.25, 0.3) is 0 Å². The van der Waals surface area contributed by atoms with Crippen LogP contribution in [0.2, 0.25) is 0 Å². The van der Waals surface area contributed by atoms with Gasteiger partial charge in [0, 0.05) is 0 Å². The Bertz CT molecular complexity index is 337. The lowest BCUT2D eigenvalue weighted by Gasteiger charge is -2.22. The van der Waals surface area contributed by atoms with E-state index in [0.717, 1.165) is 15.8 Å². The largest absolute Gasteiger partial charge is 0.487 e. The first-order valence-corrected chi connectivity index (χ1v) is 5.24. The highest BCUT2D eigenvalue weighted by Crippen LogP contribution is 2.31. The van der Waals surface area contributed by atoms with E-state index in [1.165, 1.54) is 0 Å². The third-order valence-electron chi connectivity index (χ3n) is 1.57. The van der Waals surface area contributed by atoms with Crippen LogP contribution < -0.4 is 4.74 Å². The van der Waals surface area contributed by atoms with Gasteiger partial charge >= 0.3 is 0 Å². The Kier molecular flexibility index (Phi) is 3.38. The van der Waals surface area contributed by atoms with Crippen LogP contribution in [0.5, 0.6) is 5.75 Å². The monoisotopic (exact) mass is 253 g/mol. The van der Waals surface area contributed by atoms with Gasteiger partial charge in [-0.25, -0.2) is 0 Å². The summed E-state index contributed by atoms with van der Waals surface area (Å²) in [5, 5.41) is 0. The van der Waals surface area contributed by atoms with E-state index >= 15 is 0 Å². The van der Waals surface area contributed by atoms with Gasteiger partial charge in [-0.2, -0.15) is 0 Å². The minimum atomic E-state index is -0.192. The first-order chi connectivity index (χ1) is 6.44. The van der Waals surface area contributed by atoms with Crippen molar-refractivity contribution in [1.82, 2.24) is 0 Å². The molecule has 0 bridgehead atoms. The third kappa shape index (κ3) is 2.88. The maximum atomic E-state index is 5.76. The van der Waals surface area contributed by atoms with Crippen molar-refractivity contribution in [2.75, 3.05) is 0 Å². The molecular weight excluding hydrogens is 240 g/mol. The molecule has 0 amide bonds. The van der Waals surface area contributed by atoms with Crippen molar-refractivity contribution in [3.63, 3.8) is 0 Å². The van der Waals surface area contributed by atoms with Crippen LogP contribution in [-0.4, -0.2) is 5.60 Å². The Hall–Kier alpha value is -0.760. The van der Waals surface area contributed by atoms with Crippen LogP contribution in [0.15, 0.2) is 29.3 Å². The van der Waals surface area contributed by atoms with Crippen LogP contribution in [0, 0.1) is 6.08 Å². The number of rotatable bonds is 2. The zero-order valence-corrected chi connectivity index (χ0v) is 10.3. The second-order valence-corrected chi connectivity index (χ2v) is 4.80. The Morgan fingerprint density at radius 2 is 2.00 bits per heavy atom. The fourth-order valence-electron chi connectivity index (χ4n) is 1.06. The molecule has 1 nitrogen and oxygen atoms in total. The van der Waals surface area contributed by atoms with E-state index in [9.17, 15) is 0 Å². The Morgan fingerprint density at radius 1 is 1.36 bits per heavy atom. The maximum Gasteiger partial charge on any atom is 0.134 e. The smallest absolute Gasteiger partial charge is 0.134 e. The highest BCUT2D eigenvalue weighted by Gasteiger charge is 2.14. The zero-order valence-electron chi connectivity index (χ0n) is 8.73. The quantitative estimate of drug-likeness (QED) is 0.776. The van der Waals surface area contributed by atoms with E-state index in [4.69, 9.17) is 4.74 Å². The molecule has 2 heteroatoms. The first kappa shape index (κ1) is 11.3. The number of hydrogen-bond donors (Lipinski definition) is 0. The van der Waals surface area contributed by atoms with E-state index in [1.54, 1.807) is 0 Å². The Labute approximate surface area is 93.9 Å². The number of ether oxygens (including phenoxy) is 1. The normalized spacial score (nSPS) is 11.1. The summed E-state index contributed by atoms with van der Waals surface area (Å²) in [6.45, 7) is 9.67. The number of benzene rings is 1. The average Bonchev–Trinajstić information content (AvgIpc) is 2.06. The van der Waals surface area contributed by atoms with E-state index in [2.05, 4.69) is 28.6 Å². The second-order valence-electron chi connectivity index (χ2n) is 4.01. The molecule has 0 saturated heterocycles. The fraction of sp³-hybridized carbons (Fsp3) is 0.333. The molecule has 0 unspecified atom stereocenters. The van der Waals surface area contributed by atoms with Gasteiger partial charge in [-0.3, -0.25) is 0 Å². The molecule has 14 heavy (non-hydrogen) atoms. The van der Waals surface area contributed by atoms with Crippen LogP contribution in [0.25, 0.3) is 0 Å². The number of halogens is 1. The SMILES string of the molecule is C=[C]c1cccc(OC(C)(C)C)c1Br. The molecule has 1 radical (unpaired) electrons. The lowest BCUT2D eigenvalue weighted by atomic mass is 10.1. The van der Waals surface area contributed by atoms with Crippen molar-refractivity contribution in [1.29, 1.82) is 0 Å². The second kappa shape index (κ2) is 4.18. The summed E-state index contributed by atoms with van der Waals surface area (Å²) >= 11 is 3.47. The molecule has 1 aromatic carbocycles. The summed E-state index contributed by atoms with van der Waals surface area (Å²) in [4.78, 5) is 0. The molecule has 0 heterocycles.